The van der Waals surface area contributed by atoms with E-state index in [2.05, 4.69) is 72.2 Å². The zero-order chi connectivity index (χ0) is 13.8. The monoisotopic (exact) mass is 386 g/mol. The van der Waals surface area contributed by atoms with Crippen molar-refractivity contribution in [2.24, 2.45) is 5.84 Å². The fourth-order valence-electron chi connectivity index (χ4n) is 2.12. The van der Waals surface area contributed by atoms with Crippen molar-refractivity contribution in [1.29, 1.82) is 0 Å². The van der Waals surface area contributed by atoms with Crippen LogP contribution >= 0.6 is 33.9 Å². The summed E-state index contributed by atoms with van der Waals surface area (Å²) >= 11 is 4.29. The van der Waals surface area contributed by atoms with E-state index in [9.17, 15) is 0 Å². The molecule has 0 spiro atoms. The first-order valence-electron chi connectivity index (χ1n) is 6.44. The maximum atomic E-state index is 5.76. The average molecular weight is 386 g/mol. The van der Waals surface area contributed by atoms with Crippen molar-refractivity contribution >= 4 is 33.9 Å². The summed E-state index contributed by atoms with van der Waals surface area (Å²) in [6.07, 6.45) is 2.05. The van der Waals surface area contributed by atoms with E-state index in [1.54, 1.807) is 0 Å². The quantitative estimate of drug-likeness (QED) is 0.464. The molecule has 0 saturated carbocycles. The second-order valence-corrected chi connectivity index (χ2v) is 6.95. The van der Waals surface area contributed by atoms with E-state index in [-0.39, 0.29) is 6.04 Å². The van der Waals surface area contributed by atoms with Gasteiger partial charge in [-0.25, -0.2) is 0 Å². The van der Waals surface area contributed by atoms with Gasteiger partial charge >= 0.3 is 0 Å². The van der Waals surface area contributed by atoms with E-state index in [0.29, 0.717) is 0 Å². The van der Waals surface area contributed by atoms with E-state index < -0.39 is 0 Å². The van der Waals surface area contributed by atoms with Gasteiger partial charge in [-0.3, -0.25) is 11.3 Å². The molecule has 19 heavy (non-hydrogen) atoms. The summed E-state index contributed by atoms with van der Waals surface area (Å²) in [5.74, 6) is 5.76. The standard InChI is InChI=1S/C15H19IN2S/c1-3-11-7-8-12(19-11)9-14(18-17)13-6-4-5-10(2)15(13)16/h4-8,14,18H,3,9,17H2,1-2H3. The molecule has 0 bridgehead atoms. The van der Waals surface area contributed by atoms with Gasteiger partial charge in [-0.05, 0) is 59.2 Å². The zero-order valence-electron chi connectivity index (χ0n) is 11.2. The lowest BCUT2D eigenvalue weighted by molar-refractivity contribution is 0.553. The van der Waals surface area contributed by atoms with Crippen LogP contribution in [0.1, 0.15) is 33.8 Å². The first-order valence-corrected chi connectivity index (χ1v) is 8.34. The van der Waals surface area contributed by atoms with Gasteiger partial charge in [-0.2, -0.15) is 0 Å². The molecule has 2 aromatic rings. The van der Waals surface area contributed by atoms with Crippen molar-refractivity contribution in [3.05, 3.63) is 54.8 Å². The highest BCUT2D eigenvalue weighted by atomic mass is 127. The Morgan fingerprint density at radius 3 is 2.63 bits per heavy atom. The van der Waals surface area contributed by atoms with E-state index in [4.69, 9.17) is 5.84 Å². The van der Waals surface area contributed by atoms with Gasteiger partial charge in [-0.1, -0.05) is 25.1 Å². The molecule has 0 aliphatic carbocycles. The molecule has 102 valence electrons. The van der Waals surface area contributed by atoms with Gasteiger partial charge in [0, 0.05) is 19.7 Å². The summed E-state index contributed by atoms with van der Waals surface area (Å²) in [7, 11) is 0. The third kappa shape index (κ3) is 3.56. The number of hydrazine groups is 1. The maximum Gasteiger partial charge on any atom is 0.0518 e. The number of nitrogens with two attached hydrogens (primary N) is 1. The summed E-state index contributed by atoms with van der Waals surface area (Å²) in [6.45, 7) is 4.33. The van der Waals surface area contributed by atoms with Crippen molar-refractivity contribution in [3.63, 3.8) is 0 Å². The Hall–Kier alpha value is -0.430. The van der Waals surface area contributed by atoms with Gasteiger partial charge in [-0.15, -0.1) is 11.3 Å². The second-order valence-electron chi connectivity index (χ2n) is 4.62. The number of hydrogen-bond donors (Lipinski definition) is 2. The molecular formula is C15H19IN2S. The number of halogens is 1. The molecule has 0 radical (unpaired) electrons. The lowest BCUT2D eigenvalue weighted by Gasteiger charge is -2.18. The Bertz CT molecular complexity index is 551. The molecule has 1 aromatic carbocycles. The molecule has 0 fully saturated rings. The molecule has 3 N–H and O–H groups in total. The number of nitrogens with one attached hydrogen (secondary N) is 1. The summed E-state index contributed by atoms with van der Waals surface area (Å²) in [5, 5.41) is 0. The lowest BCUT2D eigenvalue weighted by Crippen LogP contribution is -2.30. The van der Waals surface area contributed by atoms with Crippen molar-refractivity contribution in [2.45, 2.75) is 32.7 Å². The molecule has 1 unspecified atom stereocenters. The molecule has 0 aliphatic rings. The Labute approximate surface area is 132 Å². The molecule has 0 aliphatic heterocycles. The number of hydrogen-bond acceptors (Lipinski definition) is 3. The minimum absolute atomic E-state index is 0.176. The molecule has 2 rings (SSSR count). The largest absolute Gasteiger partial charge is 0.271 e. The van der Waals surface area contributed by atoms with E-state index in [0.717, 1.165) is 12.8 Å². The average Bonchev–Trinajstić information content (AvgIpc) is 2.87. The summed E-state index contributed by atoms with van der Waals surface area (Å²) < 4.78 is 1.30. The van der Waals surface area contributed by atoms with Gasteiger partial charge in [0.15, 0.2) is 0 Å². The van der Waals surface area contributed by atoms with Crippen LogP contribution in [0, 0.1) is 10.5 Å². The SMILES string of the molecule is CCc1ccc(CC(NN)c2cccc(C)c2I)s1. The van der Waals surface area contributed by atoms with Gasteiger partial charge in [0.25, 0.3) is 0 Å². The minimum atomic E-state index is 0.176. The molecular weight excluding hydrogens is 367 g/mol. The van der Waals surface area contributed by atoms with Crippen LogP contribution in [0.5, 0.6) is 0 Å². The van der Waals surface area contributed by atoms with Crippen LogP contribution in [0.15, 0.2) is 30.3 Å². The zero-order valence-corrected chi connectivity index (χ0v) is 14.2. The summed E-state index contributed by atoms with van der Waals surface area (Å²) in [5.41, 5.74) is 5.56. The van der Waals surface area contributed by atoms with E-state index in [1.165, 1.54) is 24.5 Å². The number of aryl methyl sites for hydroxylation is 2. The second kappa shape index (κ2) is 6.83. The molecule has 0 amide bonds. The topological polar surface area (TPSA) is 38.0 Å². The van der Waals surface area contributed by atoms with Crippen LogP contribution in [0.25, 0.3) is 0 Å². The minimum Gasteiger partial charge on any atom is -0.271 e. The van der Waals surface area contributed by atoms with Gasteiger partial charge in [0.2, 0.25) is 0 Å². The Morgan fingerprint density at radius 2 is 2.00 bits per heavy atom. The first kappa shape index (κ1) is 15.0. The number of rotatable bonds is 5. The van der Waals surface area contributed by atoms with Gasteiger partial charge in [0.1, 0.15) is 0 Å². The van der Waals surface area contributed by atoms with Crippen LogP contribution in [-0.2, 0) is 12.8 Å². The van der Waals surface area contributed by atoms with Crippen LogP contribution in [0.3, 0.4) is 0 Å². The van der Waals surface area contributed by atoms with Crippen molar-refractivity contribution in [1.82, 2.24) is 5.43 Å². The highest BCUT2D eigenvalue weighted by Crippen LogP contribution is 2.27. The fourth-order valence-corrected chi connectivity index (χ4v) is 3.86. The Kier molecular flexibility index (Phi) is 5.38. The van der Waals surface area contributed by atoms with Crippen LogP contribution in [0.4, 0.5) is 0 Å². The molecule has 0 saturated heterocycles. The van der Waals surface area contributed by atoms with Gasteiger partial charge < -0.3 is 0 Å². The molecule has 2 nitrogen and oxygen atoms in total. The molecule has 1 atom stereocenters. The number of thiophene rings is 1. The maximum absolute atomic E-state index is 5.76. The molecule has 1 heterocycles. The molecule has 1 aromatic heterocycles. The van der Waals surface area contributed by atoms with Crippen molar-refractivity contribution in [3.8, 4) is 0 Å². The number of benzene rings is 1. The predicted octanol–water partition coefficient (Wildman–Crippen LogP) is 3.97. The Morgan fingerprint density at radius 1 is 1.26 bits per heavy atom. The highest BCUT2D eigenvalue weighted by molar-refractivity contribution is 14.1. The third-order valence-electron chi connectivity index (χ3n) is 3.27. The van der Waals surface area contributed by atoms with Crippen molar-refractivity contribution < 1.29 is 0 Å². The van der Waals surface area contributed by atoms with Crippen LogP contribution in [0.2, 0.25) is 0 Å². The molecule has 4 heteroatoms. The van der Waals surface area contributed by atoms with E-state index in [1.807, 2.05) is 11.3 Å². The third-order valence-corrected chi connectivity index (χ3v) is 5.99. The van der Waals surface area contributed by atoms with Gasteiger partial charge in [0.05, 0.1) is 6.04 Å². The highest BCUT2D eigenvalue weighted by Gasteiger charge is 2.15. The van der Waals surface area contributed by atoms with Crippen LogP contribution in [-0.4, -0.2) is 0 Å². The Balaban J connectivity index is 2.22. The summed E-state index contributed by atoms with van der Waals surface area (Å²) in [6, 6.07) is 11.0. The first-order chi connectivity index (χ1) is 9.15. The smallest absolute Gasteiger partial charge is 0.0518 e. The normalized spacial score (nSPS) is 12.6. The fraction of sp³-hybridized carbons (Fsp3) is 0.333. The van der Waals surface area contributed by atoms with E-state index >= 15 is 0 Å². The summed E-state index contributed by atoms with van der Waals surface area (Å²) in [4.78, 5) is 2.82. The van der Waals surface area contributed by atoms with Crippen LogP contribution < -0.4 is 11.3 Å². The lowest BCUT2D eigenvalue weighted by atomic mass is 10.0. The predicted molar refractivity (Wildman–Crippen MR) is 91.4 cm³/mol. The van der Waals surface area contributed by atoms with Crippen molar-refractivity contribution in [2.75, 3.05) is 0 Å².